The van der Waals surface area contributed by atoms with Crippen molar-refractivity contribution in [2.45, 2.75) is 13.3 Å². The van der Waals surface area contributed by atoms with Gasteiger partial charge < -0.3 is 15.0 Å². The van der Waals surface area contributed by atoms with Crippen LogP contribution in [0.2, 0.25) is 5.02 Å². The first-order valence-corrected chi connectivity index (χ1v) is 8.71. The van der Waals surface area contributed by atoms with Crippen LogP contribution in [0.3, 0.4) is 0 Å². The summed E-state index contributed by atoms with van der Waals surface area (Å²) in [4.78, 5) is 14.2. The number of hydrogen-bond donors (Lipinski definition) is 1. The van der Waals surface area contributed by atoms with Crippen LogP contribution in [-0.4, -0.2) is 43.1 Å². The zero-order valence-corrected chi connectivity index (χ0v) is 14.2. The zero-order chi connectivity index (χ0) is 15.4. The highest BCUT2D eigenvalue weighted by atomic mass is 35.5. The fraction of sp³-hybridized carbons (Fsp3) is 0.533. The molecule has 1 aliphatic heterocycles. The van der Waals surface area contributed by atoms with Gasteiger partial charge in [-0.3, -0.25) is 0 Å². The summed E-state index contributed by atoms with van der Waals surface area (Å²) in [6, 6.07) is 3.50. The lowest BCUT2D eigenvalue weighted by atomic mass is 10.2. The topological polar surface area (TPSA) is 41.6 Å². The molecule has 0 radical (unpaired) electrons. The molecule has 1 heterocycles. The Labute approximate surface area is 135 Å². The third kappa shape index (κ3) is 3.98. The molecule has 2 rings (SSSR count). The van der Waals surface area contributed by atoms with Crippen molar-refractivity contribution in [2.75, 3.05) is 37.5 Å². The lowest BCUT2D eigenvalue weighted by Gasteiger charge is -2.19. The molecular formula is C15H21ClN2O2S. The number of benzene rings is 1. The fourth-order valence-electron chi connectivity index (χ4n) is 2.51. The lowest BCUT2D eigenvalue weighted by Crippen LogP contribution is -2.33. The van der Waals surface area contributed by atoms with Crippen LogP contribution >= 0.6 is 23.4 Å². The van der Waals surface area contributed by atoms with Gasteiger partial charge >= 0.3 is 6.03 Å². The van der Waals surface area contributed by atoms with Gasteiger partial charge in [-0.05, 0) is 42.9 Å². The summed E-state index contributed by atoms with van der Waals surface area (Å²) in [5.74, 6) is 2.28. The number of amides is 2. The fourth-order valence-corrected chi connectivity index (χ4v) is 3.41. The summed E-state index contributed by atoms with van der Waals surface area (Å²) in [6.07, 6.45) is 3.18. The van der Waals surface area contributed by atoms with Crippen molar-refractivity contribution >= 4 is 35.1 Å². The predicted octanol–water partition coefficient (Wildman–Crippen LogP) is 3.87. The number of aryl methyl sites for hydroxylation is 1. The maximum absolute atomic E-state index is 12.3. The van der Waals surface area contributed by atoms with Crippen LogP contribution in [0.4, 0.5) is 10.5 Å². The molecule has 1 aliphatic rings. The van der Waals surface area contributed by atoms with Crippen LogP contribution in [0.5, 0.6) is 5.75 Å². The molecule has 0 spiro atoms. The van der Waals surface area contributed by atoms with Gasteiger partial charge in [-0.2, -0.15) is 11.8 Å². The van der Waals surface area contributed by atoms with Crippen LogP contribution in [0, 0.1) is 12.8 Å². The van der Waals surface area contributed by atoms with E-state index in [2.05, 4.69) is 11.6 Å². The van der Waals surface area contributed by atoms with Crippen molar-refractivity contribution in [1.82, 2.24) is 4.90 Å². The van der Waals surface area contributed by atoms with Gasteiger partial charge in [-0.25, -0.2) is 4.79 Å². The van der Waals surface area contributed by atoms with Crippen molar-refractivity contribution in [2.24, 2.45) is 5.92 Å². The van der Waals surface area contributed by atoms with Crippen molar-refractivity contribution < 1.29 is 9.53 Å². The second-order valence-electron chi connectivity index (χ2n) is 5.29. The second-order valence-corrected chi connectivity index (χ2v) is 6.61. The molecule has 0 bridgehead atoms. The van der Waals surface area contributed by atoms with E-state index in [0.29, 0.717) is 22.4 Å². The van der Waals surface area contributed by atoms with E-state index in [4.69, 9.17) is 16.3 Å². The highest BCUT2D eigenvalue weighted by Crippen LogP contribution is 2.31. The summed E-state index contributed by atoms with van der Waals surface area (Å²) < 4.78 is 5.28. The quantitative estimate of drug-likeness (QED) is 0.912. The van der Waals surface area contributed by atoms with Gasteiger partial charge in [0.25, 0.3) is 0 Å². The standard InChI is InChI=1S/C15H21ClN2O2S/c1-10-6-13(14(20-2)7-12(10)16)17-15(19)18-5-4-11(8-18)9-21-3/h6-7,11H,4-5,8-9H2,1-3H3,(H,17,19)/t11-/m0/s1. The first kappa shape index (κ1) is 16.3. The SMILES string of the molecule is COc1cc(Cl)c(C)cc1NC(=O)N1CC[C@H](CSC)C1. The summed E-state index contributed by atoms with van der Waals surface area (Å²) >= 11 is 7.91. The molecule has 116 valence electrons. The molecular weight excluding hydrogens is 308 g/mol. The minimum absolute atomic E-state index is 0.0707. The van der Waals surface area contributed by atoms with Gasteiger partial charge in [0.05, 0.1) is 12.8 Å². The van der Waals surface area contributed by atoms with Gasteiger partial charge in [0.2, 0.25) is 0 Å². The van der Waals surface area contributed by atoms with Crippen LogP contribution < -0.4 is 10.1 Å². The number of rotatable bonds is 4. The normalized spacial score (nSPS) is 17.9. The molecule has 1 aromatic rings. The van der Waals surface area contributed by atoms with Gasteiger partial charge in [-0.15, -0.1) is 0 Å². The average Bonchev–Trinajstić information content (AvgIpc) is 2.91. The van der Waals surface area contributed by atoms with E-state index < -0.39 is 0 Å². The number of nitrogens with zero attached hydrogens (tertiary/aromatic N) is 1. The van der Waals surface area contributed by atoms with E-state index in [-0.39, 0.29) is 6.03 Å². The molecule has 0 aliphatic carbocycles. The number of thioether (sulfide) groups is 1. The third-order valence-corrected chi connectivity index (χ3v) is 4.91. The molecule has 21 heavy (non-hydrogen) atoms. The third-order valence-electron chi connectivity index (χ3n) is 3.70. The average molecular weight is 329 g/mol. The first-order chi connectivity index (χ1) is 10.0. The maximum atomic E-state index is 12.3. The minimum atomic E-state index is -0.0707. The molecule has 6 heteroatoms. The Hall–Kier alpha value is -1.07. The van der Waals surface area contributed by atoms with Gasteiger partial charge in [-0.1, -0.05) is 11.6 Å². The molecule has 0 saturated carbocycles. The Bertz CT molecular complexity index is 525. The molecule has 4 nitrogen and oxygen atoms in total. The predicted molar refractivity (Wildman–Crippen MR) is 89.8 cm³/mol. The largest absolute Gasteiger partial charge is 0.495 e. The molecule has 1 atom stereocenters. The number of halogens is 1. The number of hydrogen-bond acceptors (Lipinski definition) is 3. The van der Waals surface area contributed by atoms with Gasteiger partial charge in [0, 0.05) is 24.2 Å². The Kier molecular flexibility index (Phi) is 5.65. The lowest BCUT2D eigenvalue weighted by molar-refractivity contribution is 0.221. The Morgan fingerprint density at radius 1 is 1.57 bits per heavy atom. The summed E-state index contributed by atoms with van der Waals surface area (Å²) in [5, 5.41) is 3.56. The summed E-state index contributed by atoms with van der Waals surface area (Å²) in [7, 11) is 1.57. The minimum Gasteiger partial charge on any atom is -0.495 e. The Morgan fingerprint density at radius 2 is 2.33 bits per heavy atom. The van der Waals surface area contributed by atoms with E-state index in [0.717, 1.165) is 30.8 Å². The van der Waals surface area contributed by atoms with Crippen LogP contribution in [0.25, 0.3) is 0 Å². The summed E-state index contributed by atoms with van der Waals surface area (Å²) in [6.45, 7) is 3.54. The van der Waals surface area contributed by atoms with E-state index in [9.17, 15) is 4.79 Å². The van der Waals surface area contributed by atoms with Crippen LogP contribution in [0.1, 0.15) is 12.0 Å². The first-order valence-electron chi connectivity index (χ1n) is 6.94. The van der Waals surface area contributed by atoms with Gasteiger partial charge in [0.1, 0.15) is 5.75 Å². The van der Waals surface area contributed by atoms with E-state index in [1.165, 1.54) is 0 Å². The van der Waals surface area contributed by atoms with E-state index >= 15 is 0 Å². The molecule has 2 amide bonds. The Morgan fingerprint density at radius 3 is 3.00 bits per heavy atom. The number of methoxy groups -OCH3 is 1. The summed E-state index contributed by atoms with van der Waals surface area (Å²) in [5.41, 5.74) is 1.58. The van der Waals surface area contributed by atoms with Crippen molar-refractivity contribution in [3.63, 3.8) is 0 Å². The molecule has 1 fully saturated rings. The molecule has 1 N–H and O–H groups in total. The molecule has 0 aromatic heterocycles. The number of anilines is 1. The molecule has 1 saturated heterocycles. The monoisotopic (exact) mass is 328 g/mol. The van der Waals surface area contributed by atoms with Crippen LogP contribution in [0.15, 0.2) is 12.1 Å². The van der Waals surface area contributed by atoms with Crippen molar-refractivity contribution in [3.05, 3.63) is 22.7 Å². The highest BCUT2D eigenvalue weighted by Gasteiger charge is 2.26. The molecule has 0 unspecified atom stereocenters. The van der Waals surface area contributed by atoms with E-state index in [1.54, 1.807) is 13.2 Å². The molecule has 1 aromatic carbocycles. The van der Waals surface area contributed by atoms with E-state index in [1.807, 2.05) is 29.7 Å². The van der Waals surface area contributed by atoms with Gasteiger partial charge in [0.15, 0.2) is 0 Å². The van der Waals surface area contributed by atoms with Crippen LogP contribution in [-0.2, 0) is 0 Å². The van der Waals surface area contributed by atoms with Crippen molar-refractivity contribution in [1.29, 1.82) is 0 Å². The smallest absolute Gasteiger partial charge is 0.321 e. The highest BCUT2D eigenvalue weighted by molar-refractivity contribution is 7.98. The number of urea groups is 1. The number of carbonyl (C=O) groups excluding carboxylic acids is 1. The maximum Gasteiger partial charge on any atom is 0.321 e. The number of ether oxygens (including phenoxy) is 1. The number of carbonyl (C=O) groups is 1. The van der Waals surface area contributed by atoms with Crippen molar-refractivity contribution in [3.8, 4) is 5.75 Å². The number of likely N-dealkylation sites (tertiary alicyclic amines) is 1. The zero-order valence-electron chi connectivity index (χ0n) is 12.6. The second kappa shape index (κ2) is 7.27. The number of nitrogens with one attached hydrogen (secondary N) is 1. The Balaban J connectivity index is 2.05.